The molecule has 0 unspecified atom stereocenters. The van der Waals surface area contributed by atoms with E-state index in [1.807, 2.05) is 6.92 Å². The summed E-state index contributed by atoms with van der Waals surface area (Å²) in [7, 11) is 0. The van der Waals surface area contributed by atoms with E-state index in [0.717, 1.165) is 12.2 Å². The van der Waals surface area contributed by atoms with Crippen molar-refractivity contribution < 1.29 is 4.79 Å². The molecule has 0 aliphatic carbocycles. The monoisotopic (exact) mass is 343 g/mol. The molecule has 21 heavy (non-hydrogen) atoms. The van der Waals surface area contributed by atoms with Gasteiger partial charge in [-0.25, -0.2) is 4.98 Å². The molecule has 0 aliphatic heterocycles. The van der Waals surface area contributed by atoms with Crippen LogP contribution < -0.4 is 10.6 Å². The Labute approximate surface area is 137 Å². The van der Waals surface area contributed by atoms with Crippen LogP contribution in [0.4, 0.5) is 11.4 Å². The lowest BCUT2D eigenvalue weighted by Crippen LogP contribution is -2.14. The topological polar surface area (TPSA) is 54.0 Å². The average Bonchev–Trinajstić information content (AvgIpc) is 2.43. The third-order valence-corrected chi connectivity index (χ3v) is 3.44. The van der Waals surface area contributed by atoms with Crippen LogP contribution in [0.15, 0.2) is 30.5 Å². The van der Waals surface area contributed by atoms with Crippen LogP contribution in [0.1, 0.15) is 17.4 Å². The number of halogens is 3. The number of rotatable bonds is 4. The lowest BCUT2D eigenvalue weighted by Gasteiger charge is -2.10. The number of hydrogen-bond acceptors (Lipinski definition) is 3. The zero-order valence-electron chi connectivity index (χ0n) is 11.1. The number of nitrogens with one attached hydrogen (secondary N) is 2. The van der Waals surface area contributed by atoms with E-state index in [4.69, 9.17) is 34.8 Å². The van der Waals surface area contributed by atoms with Gasteiger partial charge in [0.25, 0.3) is 5.91 Å². The molecule has 4 nitrogen and oxygen atoms in total. The number of carbonyl (C=O) groups excluding carboxylic acids is 1. The summed E-state index contributed by atoms with van der Waals surface area (Å²) in [5.41, 5.74) is 1.42. The lowest BCUT2D eigenvalue weighted by atomic mass is 10.2. The predicted octanol–water partition coefficient (Wildman–Crippen LogP) is 4.73. The van der Waals surface area contributed by atoms with Crippen LogP contribution in [-0.4, -0.2) is 17.4 Å². The molecule has 0 spiro atoms. The molecule has 1 aromatic carbocycles. The maximum Gasteiger partial charge on any atom is 0.274 e. The third kappa shape index (κ3) is 4.00. The fourth-order valence-corrected chi connectivity index (χ4v) is 2.59. The molecule has 0 fully saturated rings. The van der Waals surface area contributed by atoms with E-state index in [1.165, 1.54) is 12.1 Å². The second-order valence-electron chi connectivity index (χ2n) is 4.16. The normalized spacial score (nSPS) is 10.3. The van der Waals surface area contributed by atoms with Crippen LogP contribution in [0, 0.1) is 0 Å². The van der Waals surface area contributed by atoms with Crippen LogP contribution in [-0.2, 0) is 0 Å². The van der Waals surface area contributed by atoms with Gasteiger partial charge in [-0.3, -0.25) is 4.79 Å². The average molecular weight is 345 g/mol. The van der Waals surface area contributed by atoms with Gasteiger partial charge >= 0.3 is 0 Å². The van der Waals surface area contributed by atoms with Crippen LogP contribution in [0.5, 0.6) is 0 Å². The summed E-state index contributed by atoms with van der Waals surface area (Å²) < 4.78 is 0. The standard InChI is InChI=1S/C14H12Cl3N3O/c1-2-18-9-3-4-12(19-7-9)14(21)20-13-10(16)5-8(15)6-11(13)17/h3-7,18H,2H2,1H3,(H,20,21). The van der Waals surface area contributed by atoms with E-state index in [1.54, 1.807) is 18.3 Å². The van der Waals surface area contributed by atoms with E-state index >= 15 is 0 Å². The summed E-state index contributed by atoms with van der Waals surface area (Å²) in [6, 6.07) is 6.40. The minimum atomic E-state index is -0.399. The highest BCUT2D eigenvalue weighted by Crippen LogP contribution is 2.33. The Morgan fingerprint density at radius 2 is 1.86 bits per heavy atom. The zero-order valence-corrected chi connectivity index (χ0v) is 13.4. The van der Waals surface area contributed by atoms with Crippen molar-refractivity contribution in [3.8, 4) is 0 Å². The van der Waals surface area contributed by atoms with Gasteiger partial charge in [-0.2, -0.15) is 0 Å². The Balaban J connectivity index is 2.18. The molecular weight excluding hydrogens is 333 g/mol. The van der Waals surface area contributed by atoms with Crippen molar-refractivity contribution in [3.05, 3.63) is 51.2 Å². The molecule has 7 heteroatoms. The minimum Gasteiger partial charge on any atom is -0.384 e. The molecule has 1 amide bonds. The first-order chi connectivity index (χ1) is 10.0. The molecule has 1 heterocycles. The van der Waals surface area contributed by atoms with Gasteiger partial charge in [0.2, 0.25) is 0 Å². The number of pyridine rings is 1. The molecule has 0 radical (unpaired) electrons. The second-order valence-corrected chi connectivity index (χ2v) is 5.41. The number of anilines is 2. The highest BCUT2D eigenvalue weighted by atomic mass is 35.5. The molecule has 1 aromatic heterocycles. The number of aromatic nitrogens is 1. The largest absolute Gasteiger partial charge is 0.384 e. The zero-order chi connectivity index (χ0) is 15.4. The maximum absolute atomic E-state index is 12.1. The molecule has 2 aromatic rings. The van der Waals surface area contributed by atoms with Crippen LogP contribution >= 0.6 is 34.8 Å². The van der Waals surface area contributed by atoms with Crippen molar-refractivity contribution in [3.63, 3.8) is 0 Å². The Bertz CT molecular complexity index is 636. The van der Waals surface area contributed by atoms with Gasteiger partial charge in [-0.1, -0.05) is 34.8 Å². The van der Waals surface area contributed by atoms with Gasteiger partial charge in [0, 0.05) is 11.6 Å². The van der Waals surface area contributed by atoms with Crippen LogP contribution in [0.2, 0.25) is 15.1 Å². The van der Waals surface area contributed by atoms with Crippen molar-refractivity contribution in [1.82, 2.24) is 4.98 Å². The minimum absolute atomic E-state index is 0.263. The molecule has 0 bridgehead atoms. The summed E-state index contributed by atoms with van der Waals surface area (Å²) >= 11 is 17.9. The van der Waals surface area contributed by atoms with Crippen molar-refractivity contribution in [1.29, 1.82) is 0 Å². The first-order valence-electron chi connectivity index (χ1n) is 6.17. The van der Waals surface area contributed by atoms with Crippen molar-refractivity contribution >= 4 is 52.1 Å². The number of amides is 1. The number of hydrogen-bond donors (Lipinski definition) is 2. The second kappa shape index (κ2) is 6.98. The van der Waals surface area contributed by atoms with Crippen molar-refractivity contribution in [2.45, 2.75) is 6.92 Å². The molecule has 110 valence electrons. The van der Waals surface area contributed by atoms with E-state index < -0.39 is 5.91 Å². The molecular formula is C14H12Cl3N3O. The molecule has 2 rings (SSSR count). The van der Waals surface area contributed by atoms with Crippen molar-refractivity contribution in [2.75, 3.05) is 17.2 Å². The molecule has 0 aliphatic rings. The van der Waals surface area contributed by atoms with E-state index in [9.17, 15) is 4.79 Å². The summed E-state index contributed by atoms with van der Waals surface area (Å²) in [4.78, 5) is 16.2. The van der Waals surface area contributed by atoms with Gasteiger partial charge in [0.15, 0.2) is 0 Å². The first kappa shape index (κ1) is 15.9. The summed E-state index contributed by atoms with van der Waals surface area (Å²) in [5.74, 6) is -0.399. The number of carbonyl (C=O) groups is 1. The fraction of sp³-hybridized carbons (Fsp3) is 0.143. The van der Waals surface area contributed by atoms with Gasteiger partial charge < -0.3 is 10.6 Å². The highest BCUT2D eigenvalue weighted by Gasteiger charge is 2.13. The van der Waals surface area contributed by atoms with E-state index in [0.29, 0.717) is 10.7 Å². The van der Waals surface area contributed by atoms with Gasteiger partial charge in [0.1, 0.15) is 5.69 Å². The Hall–Kier alpha value is -1.49. The number of nitrogens with zero attached hydrogens (tertiary/aromatic N) is 1. The first-order valence-corrected chi connectivity index (χ1v) is 7.30. The SMILES string of the molecule is CCNc1ccc(C(=O)Nc2c(Cl)cc(Cl)cc2Cl)nc1. The van der Waals surface area contributed by atoms with Gasteiger partial charge in [-0.05, 0) is 31.2 Å². The maximum atomic E-state index is 12.1. The smallest absolute Gasteiger partial charge is 0.274 e. The van der Waals surface area contributed by atoms with Gasteiger partial charge in [0.05, 0.1) is 27.6 Å². The summed E-state index contributed by atoms with van der Waals surface area (Å²) in [6.45, 7) is 2.76. The summed E-state index contributed by atoms with van der Waals surface area (Å²) in [6.07, 6.45) is 1.59. The highest BCUT2D eigenvalue weighted by molar-refractivity contribution is 6.42. The molecule has 0 saturated carbocycles. The fourth-order valence-electron chi connectivity index (χ4n) is 1.68. The van der Waals surface area contributed by atoms with Crippen LogP contribution in [0.25, 0.3) is 0 Å². The van der Waals surface area contributed by atoms with E-state index in [-0.39, 0.29) is 15.7 Å². The van der Waals surface area contributed by atoms with Crippen molar-refractivity contribution in [2.24, 2.45) is 0 Å². The predicted molar refractivity (Wildman–Crippen MR) is 87.8 cm³/mol. The number of benzene rings is 1. The Kier molecular flexibility index (Phi) is 5.28. The Morgan fingerprint density at radius 3 is 2.38 bits per heavy atom. The lowest BCUT2D eigenvalue weighted by molar-refractivity contribution is 0.102. The molecule has 2 N–H and O–H groups in total. The summed E-state index contributed by atoms with van der Waals surface area (Å²) in [5, 5.41) is 6.66. The van der Waals surface area contributed by atoms with Crippen LogP contribution in [0.3, 0.4) is 0 Å². The van der Waals surface area contributed by atoms with Gasteiger partial charge in [-0.15, -0.1) is 0 Å². The molecule has 0 saturated heterocycles. The van der Waals surface area contributed by atoms with E-state index in [2.05, 4.69) is 15.6 Å². The third-order valence-electron chi connectivity index (χ3n) is 2.62. The Morgan fingerprint density at radius 1 is 1.19 bits per heavy atom. The molecule has 0 atom stereocenters. The quantitative estimate of drug-likeness (QED) is 0.843.